The van der Waals surface area contributed by atoms with Crippen molar-refractivity contribution in [2.24, 2.45) is 0 Å². The summed E-state index contributed by atoms with van der Waals surface area (Å²) in [4.78, 5) is 26.2. The van der Waals surface area contributed by atoms with Crippen LogP contribution in [0.25, 0.3) is 0 Å². The maximum atomic E-state index is 12.8. The van der Waals surface area contributed by atoms with E-state index in [9.17, 15) is 9.59 Å². The van der Waals surface area contributed by atoms with E-state index >= 15 is 0 Å². The second-order valence-electron chi connectivity index (χ2n) is 6.27. The van der Waals surface area contributed by atoms with E-state index in [2.05, 4.69) is 0 Å². The fourth-order valence-electron chi connectivity index (χ4n) is 3.04. The third-order valence-corrected chi connectivity index (χ3v) is 4.71. The minimum absolute atomic E-state index is 0.146. The van der Waals surface area contributed by atoms with Crippen molar-refractivity contribution in [2.75, 3.05) is 18.6 Å². The van der Waals surface area contributed by atoms with E-state index < -0.39 is 6.10 Å². The number of hydrogen-bond acceptors (Lipinski definition) is 4. The molecule has 0 bridgehead atoms. The highest BCUT2D eigenvalue weighted by molar-refractivity contribution is 6.32. The molecule has 0 N–H and O–H groups in total. The molecule has 0 aromatic heterocycles. The molecular weight excluding hydrogens is 354 g/mol. The van der Waals surface area contributed by atoms with E-state index in [4.69, 9.17) is 21.1 Å². The average Bonchev–Trinajstić information content (AvgIpc) is 3.06. The van der Waals surface area contributed by atoms with Gasteiger partial charge in [-0.3, -0.25) is 4.79 Å². The Morgan fingerprint density at radius 1 is 1.19 bits per heavy atom. The van der Waals surface area contributed by atoms with Crippen LogP contribution in [0.4, 0.5) is 5.69 Å². The predicted molar refractivity (Wildman–Crippen MR) is 100 cm³/mol. The van der Waals surface area contributed by atoms with E-state index in [-0.39, 0.29) is 11.9 Å². The Hall–Kier alpha value is -2.53. The molecule has 0 saturated heterocycles. The predicted octanol–water partition coefficient (Wildman–Crippen LogP) is 3.79. The van der Waals surface area contributed by atoms with E-state index in [0.29, 0.717) is 29.3 Å². The lowest BCUT2D eigenvalue weighted by atomic mass is 10.1. The van der Waals surface area contributed by atoms with E-state index in [1.165, 1.54) is 7.11 Å². The summed E-state index contributed by atoms with van der Waals surface area (Å²) in [6.45, 7) is 4.20. The fourth-order valence-corrected chi connectivity index (χ4v) is 3.20. The van der Waals surface area contributed by atoms with Gasteiger partial charge in [-0.25, -0.2) is 4.79 Å². The summed E-state index contributed by atoms with van der Waals surface area (Å²) >= 11 is 6.15. The Morgan fingerprint density at radius 3 is 2.69 bits per heavy atom. The first kappa shape index (κ1) is 18.3. The molecule has 26 heavy (non-hydrogen) atoms. The number of carbonyl (C=O) groups excluding carboxylic acids is 2. The van der Waals surface area contributed by atoms with Crippen molar-refractivity contribution in [2.45, 2.75) is 26.4 Å². The number of hydrogen-bond donors (Lipinski definition) is 0. The maximum Gasteiger partial charge on any atom is 0.337 e. The number of fused-ring (bicyclic) bond motifs is 1. The monoisotopic (exact) mass is 373 g/mol. The SMILES string of the molecule is COC(=O)c1ccc2c(c1)CCN2C(=O)C(C)Oc1cc(C)ccc1Cl. The molecule has 6 heteroatoms. The lowest BCUT2D eigenvalue weighted by molar-refractivity contribution is -0.124. The zero-order valence-corrected chi connectivity index (χ0v) is 15.7. The molecule has 0 aliphatic carbocycles. The standard InChI is InChI=1S/C20H20ClNO4/c1-12-4-6-16(21)18(10-12)26-13(2)19(23)22-9-8-14-11-15(20(24)25-3)5-7-17(14)22/h4-7,10-11,13H,8-9H2,1-3H3. The van der Waals surface area contributed by atoms with Crippen LogP contribution in [0.15, 0.2) is 36.4 Å². The maximum absolute atomic E-state index is 12.8. The Labute approximate surface area is 157 Å². The third kappa shape index (κ3) is 3.53. The van der Waals surface area contributed by atoms with Crippen molar-refractivity contribution < 1.29 is 19.1 Å². The number of amides is 1. The van der Waals surface area contributed by atoms with E-state index in [0.717, 1.165) is 16.8 Å². The van der Waals surface area contributed by atoms with Gasteiger partial charge in [0.2, 0.25) is 0 Å². The molecule has 2 aromatic rings. The topological polar surface area (TPSA) is 55.8 Å². The molecule has 1 aliphatic heterocycles. The number of aryl methyl sites for hydroxylation is 1. The molecule has 3 rings (SSSR count). The molecule has 2 aromatic carbocycles. The normalized spacial score (nSPS) is 13.9. The van der Waals surface area contributed by atoms with Crippen LogP contribution >= 0.6 is 11.6 Å². The lowest BCUT2D eigenvalue weighted by Gasteiger charge is -2.23. The van der Waals surface area contributed by atoms with Crippen LogP contribution in [0.5, 0.6) is 5.75 Å². The number of anilines is 1. The number of methoxy groups -OCH3 is 1. The van der Waals surface area contributed by atoms with Crippen molar-refractivity contribution in [3.05, 3.63) is 58.1 Å². The zero-order chi connectivity index (χ0) is 18.8. The number of halogens is 1. The molecule has 0 fully saturated rings. The van der Waals surface area contributed by atoms with Gasteiger partial charge in [0.05, 0.1) is 17.7 Å². The number of carbonyl (C=O) groups is 2. The lowest BCUT2D eigenvalue weighted by Crippen LogP contribution is -2.39. The summed E-state index contributed by atoms with van der Waals surface area (Å²) in [5.74, 6) is -0.0384. The summed E-state index contributed by atoms with van der Waals surface area (Å²) < 4.78 is 10.5. The van der Waals surface area contributed by atoms with Crippen LogP contribution in [0.2, 0.25) is 5.02 Å². The molecule has 5 nitrogen and oxygen atoms in total. The number of ether oxygens (including phenoxy) is 2. The first-order valence-electron chi connectivity index (χ1n) is 8.36. The quantitative estimate of drug-likeness (QED) is 0.765. The molecule has 136 valence electrons. The average molecular weight is 374 g/mol. The Bertz CT molecular complexity index is 865. The first-order chi connectivity index (χ1) is 12.4. The smallest absolute Gasteiger partial charge is 0.337 e. The van der Waals surface area contributed by atoms with Crippen molar-refractivity contribution in [1.82, 2.24) is 0 Å². The van der Waals surface area contributed by atoms with Crippen molar-refractivity contribution in [3.63, 3.8) is 0 Å². The van der Waals surface area contributed by atoms with Gasteiger partial charge in [-0.1, -0.05) is 17.7 Å². The van der Waals surface area contributed by atoms with Gasteiger partial charge in [0, 0.05) is 12.2 Å². The third-order valence-electron chi connectivity index (χ3n) is 4.40. The van der Waals surface area contributed by atoms with Gasteiger partial charge >= 0.3 is 5.97 Å². The van der Waals surface area contributed by atoms with Gasteiger partial charge in [0.1, 0.15) is 5.75 Å². The number of esters is 1. The molecular formula is C20H20ClNO4. The van der Waals surface area contributed by atoms with Gasteiger partial charge in [-0.05, 0) is 61.7 Å². The second-order valence-corrected chi connectivity index (χ2v) is 6.68. The number of nitrogens with zero attached hydrogens (tertiary/aromatic N) is 1. The highest BCUT2D eigenvalue weighted by atomic mass is 35.5. The van der Waals surface area contributed by atoms with Gasteiger partial charge in [-0.15, -0.1) is 0 Å². The van der Waals surface area contributed by atoms with Gasteiger partial charge in [0.25, 0.3) is 5.91 Å². The Kier molecular flexibility index (Phi) is 5.18. The molecule has 0 saturated carbocycles. The minimum atomic E-state index is -0.680. The van der Waals surface area contributed by atoms with Crippen LogP contribution in [-0.2, 0) is 16.0 Å². The van der Waals surface area contributed by atoms with Crippen LogP contribution in [0.1, 0.15) is 28.4 Å². The van der Waals surface area contributed by atoms with Crippen LogP contribution < -0.4 is 9.64 Å². The fraction of sp³-hybridized carbons (Fsp3) is 0.300. The molecule has 0 radical (unpaired) electrons. The molecule has 1 aliphatic rings. The summed E-state index contributed by atoms with van der Waals surface area (Å²) in [5, 5.41) is 0.472. The Balaban J connectivity index is 1.77. The highest BCUT2D eigenvalue weighted by Crippen LogP contribution is 2.31. The highest BCUT2D eigenvalue weighted by Gasteiger charge is 2.30. The summed E-state index contributed by atoms with van der Waals surface area (Å²) in [7, 11) is 1.35. The molecule has 0 spiro atoms. The van der Waals surface area contributed by atoms with E-state index in [1.807, 2.05) is 19.1 Å². The molecule has 1 heterocycles. The van der Waals surface area contributed by atoms with Crippen molar-refractivity contribution >= 4 is 29.2 Å². The molecule has 1 unspecified atom stereocenters. The van der Waals surface area contributed by atoms with Crippen LogP contribution in [0.3, 0.4) is 0 Å². The number of benzene rings is 2. The van der Waals surface area contributed by atoms with Crippen LogP contribution in [-0.4, -0.2) is 31.6 Å². The summed E-state index contributed by atoms with van der Waals surface area (Å²) in [6.07, 6.45) is 0.00429. The van der Waals surface area contributed by atoms with Gasteiger partial charge in [-0.2, -0.15) is 0 Å². The van der Waals surface area contributed by atoms with Crippen molar-refractivity contribution in [3.8, 4) is 5.75 Å². The van der Waals surface area contributed by atoms with Gasteiger partial charge < -0.3 is 14.4 Å². The van der Waals surface area contributed by atoms with Crippen molar-refractivity contribution in [1.29, 1.82) is 0 Å². The summed E-state index contributed by atoms with van der Waals surface area (Å²) in [6, 6.07) is 10.7. The number of rotatable bonds is 4. The van der Waals surface area contributed by atoms with Gasteiger partial charge in [0.15, 0.2) is 6.10 Å². The minimum Gasteiger partial charge on any atom is -0.479 e. The zero-order valence-electron chi connectivity index (χ0n) is 14.9. The second kappa shape index (κ2) is 7.38. The van der Waals surface area contributed by atoms with Crippen LogP contribution in [0, 0.1) is 6.92 Å². The first-order valence-corrected chi connectivity index (χ1v) is 8.74. The molecule has 1 atom stereocenters. The molecule has 1 amide bonds. The van der Waals surface area contributed by atoms with E-state index in [1.54, 1.807) is 36.1 Å². The Morgan fingerprint density at radius 2 is 1.96 bits per heavy atom. The largest absolute Gasteiger partial charge is 0.479 e. The summed E-state index contributed by atoms with van der Waals surface area (Å²) in [5.41, 5.74) is 3.23.